The first kappa shape index (κ1) is 21.9. The number of carbonyl (C=O) groups excluding carboxylic acids is 1. The van der Waals surface area contributed by atoms with E-state index in [1.54, 1.807) is 24.3 Å². The van der Waals surface area contributed by atoms with Crippen LogP contribution in [0.2, 0.25) is 10.0 Å². The minimum Gasteiger partial charge on any atom is -0.444 e. The number of para-hydroxylation sites is 1. The van der Waals surface area contributed by atoms with E-state index in [0.29, 0.717) is 35.2 Å². The average molecular weight is 420 g/mol. The molecule has 0 unspecified atom stereocenters. The highest BCUT2D eigenvalue weighted by molar-refractivity contribution is 6.33. The molecule has 2 aromatic rings. The number of alkyl carbamates (subject to hydrolysis) is 1. The first-order valence-corrected chi connectivity index (χ1v) is 9.60. The molecule has 0 radical (unpaired) electrons. The molecule has 0 saturated carbocycles. The Kier molecular flexibility index (Phi) is 7.56. The van der Waals surface area contributed by atoms with Crippen molar-refractivity contribution >= 4 is 35.0 Å². The lowest BCUT2D eigenvalue weighted by Crippen LogP contribution is -2.38. The summed E-state index contributed by atoms with van der Waals surface area (Å²) in [7, 11) is 0. The van der Waals surface area contributed by atoms with Gasteiger partial charge in [-0.3, -0.25) is 0 Å². The number of benzene rings is 2. The van der Waals surface area contributed by atoms with Crippen LogP contribution in [-0.4, -0.2) is 24.8 Å². The number of carbonyl (C=O) groups is 1. The van der Waals surface area contributed by atoms with Crippen molar-refractivity contribution in [3.05, 3.63) is 63.6 Å². The summed E-state index contributed by atoms with van der Waals surface area (Å²) in [5.41, 5.74) is 1.57. The third kappa shape index (κ3) is 6.63. The third-order valence-corrected chi connectivity index (χ3v) is 4.35. The highest BCUT2D eigenvalue weighted by Gasteiger charge is 2.17. The number of ether oxygens (including phenoxy) is 1. The molecular weight excluding hydrogens is 397 g/mol. The van der Waals surface area contributed by atoms with E-state index in [9.17, 15) is 10.1 Å². The molecule has 7 heteroatoms. The van der Waals surface area contributed by atoms with Gasteiger partial charge in [-0.2, -0.15) is 5.26 Å². The van der Waals surface area contributed by atoms with Crippen molar-refractivity contribution in [1.82, 2.24) is 5.32 Å². The standard InChI is InChI=1S/C21H23Cl2N3O2/c1-21(2,3)28-20(27)25-10-11-26(19-7-5-4-6-18(19)23)14-16-12-17(22)9-8-15(16)13-24/h4-9,12H,10-11,14H2,1-3H3,(H,25,27). The number of halogens is 2. The van der Waals surface area contributed by atoms with Gasteiger partial charge < -0.3 is 15.0 Å². The Morgan fingerprint density at radius 2 is 1.93 bits per heavy atom. The Hall–Kier alpha value is -2.42. The first-order chi connectivity index (χ1) is 13.2. The second-order valence-electron chi connectivity index (χ2n) is 7.21. The molecule has 28 heavy (non-hydrogen) atoms. The van der Waals surface area contributed by atoms with Gasteiger partial charge in [0.15, 0.2) is 0 Å². The minimum absolute atomic E-state index is 0.350. The van der Waals surface area contributed by atoms with Crippen molar-refractivity contribution in [2.24, 2.45) is 0 Å². The summed E-state index contributed by atoms with van der Waals surface area (Å²) in [6.07, 6.45) is -0.480. The quantitative estimate of drug-likeness (QED) is 0.680. The van der Waals surface area contributed by atoms with Gasteiger partial charge in [0.05, 0.1) is 22.3 Å². The Balaban J connectivity index is 2.18. The van der Waals surface area contributed by atoms with Crippen LogP contribution in [0.15, 0.2) is 42.5 Å². The van der Waals surface area contributed by atoms with E-state index in [1.165, 1.54) is 0 Å². The van der Waals surface area contributed by atoms with Gasteiger partial charge in [-0.05, 0) is 56.7 Å². The van der Waals surface area contributed by atoms with Crippen molar-refractivity contribution in [1.29, 1.82) is 5.26 Å². The van der Waals surface area contributed by atoms with E-state index in [1.807, 2.05) is 43.9 Å². The van der Waals surface area contributed by atoms with Crippen LogP contribution in [-0.2, 0) is 11.3 Å². The topological polar surface area (TPSA) is 65.4 Å². The monoisotopic (exact) mass is 419 g/mol. The predicted octanol–water partition coefficient (Wildman–Crippen LogP) is 5.40. The van der Waals surface area contributed by atoms with Crippen LogP contribution in [0.1, 0.15) is 31.9 Å². The van der Waals surface area contributed by atoms with E-state index in [4.69, 9.17) is 27.9 Å². The average Bonchev–Trinajstić information content (AvgIpc) is 2.60. The molecule has 1 N–H and O–H groups in total. The van der Waals surface area contributed by atoms with Crippen LogP contribution in [0, 0.1) is 11.3 Å². The van der Waals surface area contributed by atoms with Gasteiger partial charge in [0.2, 0.25) is 0 Å². The van der Waals surface area contributed by atoms with Crippen molar-refractivity contribution in [3.8, 4) is 6.07 Å². The van der Waals surface area contributed by atoms with Crippen molar-refractivity contribution < 1.29 is 9.53 Å². The minimum atomic E-state index is -0.561. The maximum Gasteiger partial charge on any atom is 0.407 e. The molecule has 0 atom stereocenters. The molecule has 5 nitrogen and oxygen atoms in total. The molecule has 0 aromatic heterocycles. The molecule has 0 aliphatic carbocycles. The molecule has 0 spiro atoms. The molecule has 0 saturated heterocycles. The summed E-state index contributed by atoms with van der Waals surface area (Å²) >= 11 is 12.5. The fraction of sp³-hybridized carbons (Fsp3) is 0.333. The van der Waals surface area contributed by atoms with E-state index in [2.05, 4.69) is 11.4 Å². The van der Waals surface area contributed by atoms with E-state index >= 15 is 0 Å². The smallest absolute Gasteiger partial charge is 0.407 e. The molecule has 0 aliphatic rings. The molecular formula is C21H23Cl2N3O2. The van der Waals surface area contributed by atoms with Gasteiger partial charge in [0.1, 0.15) is 5.60 Å². The number of rotatable bonds is 6. The van der Waals surface area contributed by atoms with Crippen LogP contribution in [0.3, 0.4) is 0 Å². The molecule has 0 aliphatic heterocycles. The lowest BCUT2D eigenvalue weighted by Gasteiger charge is -2.27. The Morgan fingerprint density at radius 1 is 1.21 bits per heavy atom. The highest BCUT2D eigenvalue weighted by Crippen LogP contribution is 2.27. The van der Waals surface area contributed by atoms with Crippen LogP contribution in [0.5, 0.6) is 0 Å². The zero-order valence-electron chi connectivity index (χ0n) is 16.1. The van der Waals surface area contributed by atoms with Gasteiger partial charge in [-0.15, -0.1) is 0 Å². The summed E-state index contributed by atoms with van der Waals surface area (Å²) in [6, 6.07) is 14.8. The van der Waals surface area contributed by atoms with Crippen molar-refractivity contribution in [3.63, 3.8) is 0 Å². The largest absolute Gasteiger partial charge is 0.444 e. The molecule has 0 heterocycles. The van der Waals surface area contributed by atoms with Gasteiger partial charge in [-0.25, -0.2) is 4.79 Å². The summed E-state index contributed by atoms with van der Waals surface area (Å²) in [5, 5.41) is 13.3. The fourth-order valence-corrected chi connectivity index (χ4v) is 3.06. The Bertz CT molecular complexity index is 873. The summed E-state index contributed by atoms with van der Waals surface area (Å²) in [5.74, 6) is 0. The van der Waals surface area contributed by atoms with E-state index in [-0.39, 0.29) is 0 Å². The number of amides is 1. The zero-order valence-corrected chi connectivity index (χ0v) is 17.6. The summed E-state index contributed by atoms with van der Waals surface area (Å²) in [6.45, 7) is 6.67. The number of anilines is 1. The van der Waals surface area contributed by atoms with Gasteiger partial charge >= 0.3 is 6.09 Å². The Morgan fingerprint density at radius 3 is 2.57 bits per heavy atom. The number of hydrogen-bond donors (Lipinski definition) is 1. The van der Waals surface area contributed by atoms with Crippen LogP contribution < -0.4 is 10.2 Å². The fourth-order valence-electron chi connectivity index (χ4n) is 2.61. The molecule has 2 aromatic carbocycles. The third-order valence-electron chi connectivity index (χ3n) is 3.79. The molecule has 0 bridgehead atoms. The maximum absolute atomic E-state index is 11.9. The Labute approximate surface area is 175 Å². The predicted molar refractivity (Wildman–Crippen MR) is 113 cm³/mol. The SMILES string of the molecule is CC(C)(C)OC(=O)NCCN(Cc1cc(Cl)ccc1C#N)c1ccccc1Cl. The van der Waals surface area contributed by atoms with Crippen molar-refractivity contribution in [2.75, 3.05) is 18.0 Å². The second-order valence-corrected chi connectivity index (χ2v) is 8.06. The maximum atomic E-state index is 11.9. The lowest BCUT2D eigenvalue weighted by atomic mass is 10.1. The summed E-state index contributed by atoms with van der Waals surface area (Å²) in [4.78, 5) is 13.9. The lowest BCUT2D eigenvalue weighted by molar-refractivity contribution is 0.0529. The van der Waals surface area contributed by atoms with Crippen LogP contribution >= 0.6 is 23.2 Å². The second kappa shape index (κ2) is 9.68. The number of hydrogen-bond acceptors (Lipinski definition) is 4. The van der Waals surface area contributed by atoms with Crippen LogP contribution in [0.4, 0.5) is 10.5 Å². The van der Waals surface area contributed by atoms with Crippen molar-refractivity contribution in [2.45, 2.75) is 32.9 Å². The molecule has 0 fully saturated rings. The first-order valence-electron chi connectivity index (χ1n) is 8.84. The number of nitrogens with one attached hydrogen (secondary N) is 1. The van der Waals surface area contributed by atoms with E-state index < -0.39 is 11.7 Å². The van der Waals surface area contributed by atoms with Crippen LogP contribution in [0.25, 0.3) is 0 Å². The normalized spacial score (nSPS) is 10.9. The zero-order chi connectivity index (χ0) is 20.7. The molecule has 2 rings (SSSR count). The molecule has 1 amide bonds. The van der Waals surface area contributed by atoms with Gasteiger partial charge in [0, 0.05) is 24.7 Å². The number of nitriles is 1. The van der Waals surface area contributed by atoms with Gasteiger partial charge in [0.25, 0.3) is 0 Å². The van der Waals surface area contributed by atoms with E-state index in [0.717, 1.165) is 11.3 Å². The summed E-state index contributed by atoms with van der Waals surface area (Å²) < 4.78 is 5.26. The highest BCUT2D eigenvalue weighted by atomic mass is 35.5. The van der Waals surface area contributed by atoms with Gasteiger partial charge in [-0.1, -0.05) is 35.3 Å². The number of nitrogens with zero attached hydrogens (tertiary/aromatic N) is 2. The molecule has 148 valence electrons.